The van der Waals surface area contributed by atoms with Crippen LogP contribution in [0.3, 0.4) is 0 Å². The zero-order chi connectivity index (χ0) is 32.6. The molecule has 2 amide bonds. The summed E-state index contributed by atoms with van der Waals surface area (Å²) < 4.78 is 51.2. The van der Waals surface area contributed by atoms with E-state index < -0.39 is 45.1 Å². The highest BCUT2D eigenvalue weighted by Crippen LogP contribution is 2.32. The molecule has 3 aromatic rings. The Morgan fingerprint density at radius 2 is 1.76 bits per heavy atom. The number of ether oxygens (including phenoxy) is 3. The Morgan fingerprint density at radius 3 is 2.44 bits per heavy atom. The van der Waals surface area contributed by atoms with Gasteiger partial charge in [-0.2, -0.15) is 8.42 Å². The largest absolute Gasteiger partial charge is 0.493 e. The van der Waals surface area contributed by atoms with Crippen molar-refractivity contribution >= 4 is 33.7 Å². The summed E-state index contributed by atoms with van der Waals surface area (Å²) in [6.07, 6.45) is 6.64. The van der Waals surface area contributed by atoms with Crippen LogP contribution in [0.25, 0.3) is 0 Å². The van der Waals surface area contributed by atoms with Gasteiger partial charge in [-0.05, 0) is 30.7 Å². The normalized spacial score (nSPS) is 17.0. The van der Waals surface area contributed by atoms with Gasteiger partial charge in [-0.3, -0.25) is 14.1 Å². The molecule has 3 atom stereocenters. The topological polar surface area (TPSA) is 166 Å². The molecule has 242 valence electrons. The van der Waals surface area contributed by atoms with E-state index >= 15 is 0 Å². The summed E-state index contributed by atoms with van der Waals surface area (Å²) in [6.45, 7) is 2.22. The molecule has 0 bridgehead atoms. The lowest BCUT2D eigenvalue weighted by Gasteiger charge is -2.28. The fraction of sp³-hybridized carbons (Fsp3) is 0.419. The van der Waals surface area contributed by atoms with E-state index in [1.54, 1.807) is 22.8 Å². The summed E-state index contributed by atoms with van der Waals surface area (Å²) in [4.78, 5) is 45.1. The number of imidazole rings is 1. The number of unbranched alkanes of at least 4 members (excludes halogenated alkanes) is 3. The Labute approximate surface area is 262 Å². The monoisotopic (exact) mass is 642 g/mol. The van der Waals surface area contributed by atoms with Gasteiger partial charge in [0, 0.05) is 12.6 Å². The van der Waals surface area contributed by atoms with Crippen LogP contribution in [-0.2, 0) is 24.4 Å². The summed E-state index contributed by atoms with van der Waals surface area (Å²) in [5.41, 5.74) is -0.263. The summed E-state index contributed by atoms with van der Waals surface area (Å²) in [5.74, 6) is -0.612. The molecule has 45 heavy (non-hydrogen) atoms. The maximum Gasteiger partial charge on any atom is 0.328 e. The smallest absolute Gasteiger partial charge is 0.328 e. The minimum atomic E-state index is -4.65. The Kier molecular flexibility index (Phi) is 11.2. The zero-order valence-electron chi connectivity index (χ0n) is 25.4. The molecule has 13 nitrogen and oxygen atoms in total. The van der Waals surface area contributed by atoms with Crippen LogP contribution in [0.1, 0.15) is 61.8 Å². The molecule has 0 spiro atoms. The van der Waals surface area contributed by atoms with Crippen molar-refractivity contribution in [3.05, 3.63) is 66.6 Å². The van der Waals surface area contributed by atoms with Crippen LogP contribution in [0.4, 0.5) is 5.82 Å². The molecule has 1 aliphatic heterocycles. The number of anilines is 1. The third-order valence-electron chi connectivity index (χ3n) is 7.61. The first-order valence-corrected chi connectivity index (χ1v) is 16.1. The second kappa shape index (κ2) is 15.0. The molecule has 2 aromatic carbocycles. The number of carbonyl (C=O) groups is 3. The Balaban J connectivity index is 1.58. The molecular formula is C31H38N4O9S. The van der Waals surface area contributed by atoms with Gasteiger partial charge in [0.05, 0.1) is 32.7 Å². The van der Waals surface area contributed by atoms with E-state index in [2.05, 4.69) is 17.2 Å². The van der Waals surface area contributed by atoms with Crippen LogP contribution in [0.5, 0.6) is 11.5 Å². The Morgan fingerprint density at radius 1 is 1.04 bits per heavy atom. The average molecular weight is 643 g/mol. The van der Waals surface area contributed by atoms with Crippen molar-refractivity contribution < 1.29 is 41.6 Å². The average Bonchev–Trinajstić information content (AvgIpc) is 3.67. The van der Waals surface area contributed by atoms with Gasteiger partial charge in [0.1, 0.15) is 23.1 Å². The van der Waals surface area contributed by atoms with E-state index in [0.717, 1.165) is 31.7 Å². The predicted molar refractivity (Wildman–Crippen MR) is 164 cm³/mol. The molecule has 4 rings (SSSR count). The molecule has 0 radical (unpaired) electrons. The molecule has 0 aliphatic carbocycles. The summed E-state index contributed by atoms with van der Waals surface area (Å²) in [7, 11) is -1.85. The van der Waals surface area contributed by atoms with Crippen molar-refractivity contribution in [1.29, 1.82) is 0 Å². The number of benzene rings is 2. The number of nitrogens with zero attached hydrogens (tertiary/aromatic N) is 3. The number of likely N-dealkylation sites (tertiary alicyclic amines) is 1. The molecule has 0 unspecified atom stereocenters. The van der Waals surface area contributed by atoms with Gasteiger partial charge in [0.2, 0.25) is 5.91 Å². The first-order valence-electron chi connectivity index (χ1n) is 14.7. The number of esters is 1. The first-order chi connectivity index (χ1) is 21.6. The van der Waals surface area contributed by atoms with Crippen LogP contribution >= 0.6 is 0 Å². The number of rotatable bonds is 14. The van der Waals surface area contributed by atoms with Gasteiger partial charge in [-0.1, -0.05) is 56.9 Å². The number of aromatic nitrogens is 2. The standard InChI is InChI=1S/C31H38N4O9S/c1-4-5-6-7-13-23(34-19-28(32-20-34)33-29(36)22-12-8-11-16-27(22)45(39,40)41)30(37)35-18-21(17-24(35)31(38)43-3)44-26-15-10-9-14-25(26)42-2/h8-12,14-16,19-21,23-24H,4-7,13,17-18H2,1-3H3,(H,33,36)(H,39,40,41)/t21-,23+,24-/m0/s1. The van der Waals surface area contributed by atoms with Crippen molar-refractivity contribution in [3.63, 3.8) is 0 Å². The number of hydrogen-bond acceptors (Lipinski definition) is 9. The van der Waals surface area contributed by atoms with E-state index in [9.17, 15) is 27.4 Å². The fourth-order valence-corrected chi connectivity index (χ4v) is 6.06. The van der Waals surface area contributed by atoms with Gasteiger partial charge in [0.15, 0.2) is 17.3 Å². The van der Waals surface area contributed by atoms with E-state index in [1.165, 1.54) is 49.8 Å². The van der Waals surface area contributed by atoms with Crippen LogP contribution in [0, 0.1) is 0 Å². The second-order valence-electron chi connectivity index (χ2n) is 10.7. The molecule has 2 N–H and O–H groups in total. The van der Waals surface area contributed by atoms with Crippen molar-refractivity contribution in [1.82, 2.24) is 14.5 Å². The molecular weight excluding hydrogens is 604 g/mol. The van der Waals surface area contributed by atoms with Gasteiger partial charge < -0.3 is 29.0 Å². The second-order valence-corrected chi connectivity index (χ2v) is 12.0. The number of amides is 2. The van der Waals surface area contributed by atoms with Crippen molar-refractivity contribution in [2.75, 3.05) is 26.1 Å². The molecule has 1 aliphatic rings. The van der Waals surface area contributed by atoms with Crippen LogP contribution < -0.4 is 14.8 Å². The van der Waals surface area contributed by atoms with Crippen LogP contribution in [0.2, 0.25) is 0 Å². The van der Waals surface area contributed by atoms with Crippen molar-refractivity contribution in [2.24, 2.45) is 0 Å². The Hall–Kier alpha value is -4.43. The highest BCUT2D eigenvalue weighted by molar-refractivity contribution is 7.86. The van der Waals surface area contributed by atoms with Crippen molar-refractivity contribution in [3.8, 4) is 11.5 Å². The number of methoxy groups -OCH3 is 2. The van der Waals surface area contributed by atoms with E-state index in [-0.39, 0.29) is 30.3 Å². The third-order valence-corrected chi connectivity index (χ3v) is 8.52. The lowest BCUT2D eigenvalue weighted by atomic mass is 10.1. The predicted octanol–water partition coefficient (Wildman–Crippen LogP) is 4.12. The Bertz CT molecular complexity index is 1610. The van der Waals surface area contributed by atoms with Crippen LogP contribution in [0.15, 0.2) is 66.0 Å². The van der Waals surface area contributed by atoms with Gasteiger partial charge in [0.25, 0.3) is 16.0 Å². The van der Waals surface area contributed by atoms with E-state index in [1.807, 2.05) is 6.07 Å². The highest BCUT2D eigenvalue weighted by Gasteiger charge is 2.44. The van der Waals surface area contributed by atoms with Gasteiger partial charge in [-0.15, -0.1) is 0 Å². The quantitative estimate of drug-likeness (QED) is 0.148. The fourth-order valence-electron chi connectivity index (χ4n) is 5.37. The molecule has 1 aromatic heterocycles. The number of hydrogen-bond donors (Lipinski definition) is 2. The first kappa shape index (κ1) is 33.5. The van der Waals surface area contributed by atoms with Gasteiger partial charge >= 0.3 is 5.97 Å². The summed E-state index contributed by atoms with van der Waals surface area (Å²) in [5, 5.41) is 2.53. The molecule has 1 saturated heterocycles. The highest BCUT2D eigenvalue weighted by atomic mass is 32.2. The lowest BCUT2D eigenvalue weighted by molar-refractivity contribution is -0.152. The number of para-hydroxylation sites is 2. The van der Waals surface area contributed by atoms with Gasteiger partial charge in [-0.25, -0.2) is 9.78 Å². The molecule has 0 saturated carbocycles. The third kappa shape index (κ3) is 8.19. The maximum atomic E-state index is 14.2. The van der Waals surface area contributed by atoms with E-state index in [4.69, 9.17) is 14.2 Å². The van der Waals surface area contributed by atoms with Crippen LogP contribution in [-0.4, -0.2) is 78.1 Å². The van der Waals surface area contributed by atoms with E-state index in [0.29, 0.717) is 17.9 Å². The molecule has 2 heterocycles. The SMILES string of the molecule is CCCCCC[C@H](C(=O)N1C[C@@H](Oc2ccccc2OC)C[C@H]1C(=O)OC)n1cnc(NC(=O)c2ccccc2S(=O)(=O)O)c1. The minimum Gasteiger partial charge on any atom is -0.493 e. The summed E-state index contributed by atoms with van der Waals surface area (Å²) >= 11 is 0. The van der Waals surface area contributed by atoms with Crippen molar-refractivity contribution in [2.45, 2.75) is 68.5 Å². The number of carbonyl (C=O) groups excluding carboxylic acids is 3. The minimum absolute atomic E-state index is 0.0693. The molecule has 1 fully saturated rings. The maximum absolute atomic E-state index is 14.2. The lowest BCUT2D eigenvalue weighted by Crippen LogP contribution is -2.44. The zero-order valence-corrected chi connectivity index (χ0v) is 26.2. The summed E-state index contributed by atoms with van der Waals surface area (Å²) in [6, 6.07) is 10.7. The number of nitrogens with one attached hydrogen (secondary N) is 1. The molecule has 14 heteroatoms.